The van der Waals surface area contributed by atoms with Gasteiger partial charge in [-0.15, -0.1) is 0 Å². The number of ether oxygens (including phenoxy) is 2. The van der Waals surface area contributed by atoms with Gasteiger partial charge in [0.2, 0.25) is 0 Å². The molecule has 1 aliphatic heterocycles. The summed E-state index contributed by atoms with van der Waals surface area (Å²) < 4.78 is 14.8. The maximum Gasteiger partial charge on any atom is 0.186 e. The highest BCUT2D eigenvalue weighted by Gasteiger charge is 2.32. The Hall–Kier alpha value is -0.440. The van der Waals surface area contributed by atoms with Crippen molar-refractivity contribution < 1.29 is 19.7 Å². The molecule has 0 fully saturated rings. The summed E-state index contributed by atoms with van der Waals surface area (Å²) in [7, 11) is 0. The van der Waals surface area contributed by atoms with Crippen molar-refractivity contribution in [1.29, 1.82) is 0 Å². The zero-order chi connectivity index (χ0) is 16.3. The first-order valence-electron chi connectivity index (χ1n) is 6.02. The molecular weight excluding hydrogens is 552 g/mol. The van der Waals surface area contributed by atoms with Crippen molar-refractivity contribution in [2.24, 2.45) is 0 Å². The van der Waals surface area contributed by atoms with Crippen LogP contribution in [0.25, 0.3) is 0 Å². The molecule has 2 aromatic carbocycles. The van der Waals surface area contributed by atoms with Gasteiger partial charge >= 0.3 is 0 Å². The number of phenols is 2. The second-order valence-electron chi connectivity index (χ2n) is 4.72. The number of hydrogen-bond donors (Lipinski definition) is 2. The second kappa shape index (κ2) is 5.58. The van der Waals surface area contributed by atoms with Gasteiger partial charge in [0.25, 0.3) is 0 Å². The molecule has 0 bridgehead atoms. The molecule has 0 spiro atoms. The molecule has 0 atom stereocenters. The normalized spacial score (nSPS) is 12.3. The third kappa shape index (κ3) is 2.18. The summed E-state index contributed by atoms with van der Waals surface area (Å²) in [5.41, 5.74) is 0.816. The van der Waals surface area contributed by atoms with Crippen LogP contribution in [-0.4, -0.2) is 10.2 Å². The minimum atomic E-state index is -0.213. The first kappa shape index (κ1) is 16.4. The van der Waals surface area contributed by atoms with Gasteiger partial charge in [-0.05, 0) is 77.6 Å². The molecule has 0 aliphatic carbocycles. The topological polar surface area (TPSA) is 58.9 Å². The first-order valence-corrected chi connectivity index (χ1v) is 9.19. The lowest BCUT2D eigenvalue weighted by Gasteiger charge is -2.27. The highest BCUT2D eigenvalue weighted by molar-refractivity contribution is 9.15. The Morgan fingerprint density at radius 1 is 0.591 bits per heavy atom. The molecular formula is C14H8Br4O4. The van der Waals surface area contributed by atoms with Gasteiger partial charge in [0.1, 0.15) is 0 Å². The van der Waals surface area contributed by atoms with E-state index in [1.807, 2.05) is 0 Å². The van der Waals surface area contributed by atoms with Gasteiger partial charge in [0.15, 0.2) is 34.5 Å². The average molecular weight is 560 g/mol. The molecule has 4 nitrogen and oxygen atoms in total. The number of phenolic OH excluding ortho intramolecular Hbond substituents is 2. The van der Waals surface area contributed by atoms with E-state index in [1.165, 1.54) is 0 Å². The van der Waals surface area contributed by atoms with Crippen LogP contribution in [0.2, 0.25) is 0 Å². The molecule has 0 unspecified atom stereocenters. The lowest BCUT2D eigenvalue weighted by molar-refractivity contribution is 0.336. The van der Waals surface area contributed by atoms with E-state index in [1.54, 1.807) is 13.8 Å². The third-order valence-corrected chi connectivity index (χ3v) is 8.11. The lowest BCUT2D eigenvalue weighted by Crippen LogP contribution is -2.05. The van der Waals surface area contributed by atoms with Crippen LogP contribution in [0, 0.1) is 13.8 Å². The number of hydrogen-bond acceptors (Lipinski definition) is 4. The summed E-state index contributed by atoms with van der Waals surface area (Å²) in [4.78, 5) is 0. The molecule has 2 N–H and O–H groups in total. The molecule has 0 amide bonds. The maximum absolute atomic E-state index is 9.99. The largest absolute Gasteiger partial charge is 0.504 e. The zero-order valence-electron chi connectivity index (χ0n) is 11.2. The molecule has 0 saturated carbocycles. The van der Waals surface area contributed by atoms with Gasteiger partial charge in [0.05, 0.1) is 17.9 Å². The van der Waals surface area contributed by atoms with Crippen LogP contribution in [-0.2, 0) is 0 Å². The molecule has 1 aliphatic rings. The quantitative estimate of drug-likeness (QED) is 0.184. The standard InChI is InChI=1S/C14H8Br4O4/c1-3-9(19)10(20)4(2)12-11(3)21-13-7(17)5(15)6(16)8(18)14(13)22-12/h19-20H,1-2H3. The number of fused-ring (bicyclic) bond motifs is 2. The van der Waals surface area contributed by atoms with Gasteiger partial charge in [-0.1, -0.05) is 0 Å². The third-order valence-electron chi connectivity index (χ3n) is 3.41. The predicted molar refractivity (Wildman–Crippen MR) is 96.6 cm³/mol. The van der Waals surface area contributed by atoms with Gasteiger partial charge in [-0.25, -0.2) is 0 Å². The summed E-state index contributed by atoms with van der Waals surface area (Å²) in [5.74, 6) is 1.28. The minimum Gasteiger partial charge on any atom is -0.504 e. The Morgan fingerprint density at radius 3 is 1.23 bits per heavy atom. The molecule has 116 valence electrons. The van der Waals surface area contributed by atoms with Crippen molar-refractivity contribution in [2.75, 3.05) is 0 Å². The Balaban J connectivity index is 2.32. The summed E-state index contributed by atoms with van der Waals surface area (Å²) >= 11 is 13.8. The van der Waals surface area contributed by atoms with Crippen LogP contribution in [0.5, 0.6) is 34.5 Å². The molecule has 1 heterocycles. The van der Waals surface area contributed by atoms with E-state index in [4.69, 9.17) is 9.47 Å². The number of aromatic hydroxyl groups is 2. The fourth-order valence-electron chi connectivity index (χ4n) is 2.13. The summed E-state index contributed by atoms with van der Waals surface area (Å²) in [6.45, 7) is 3.30. The predicted octanol–water partition coefficient (Wildman–Crippen LogP) is 6.66. The molecule has 0 aromatic heterocycles. The van der Waals surface area contributed by atoms with Gasteiger partial charge < -0.3 is 19.7 Å². The van der Waals surface area contributed by atoms with Crippen LogP contribution in [0.1, 0.15) is 11.1 Å². The SMILES string of the molecule is Cc1c(O)c(O)c(C)c2c1Oc1c(Br)c(Br)c(Br)c(Br)c1O2. The molecule has 8 heteroatoms. The molecule has 3 rings (SSSR count). The van der Waals surface area contributed by atoms with Crippen molar-refractivity contribution in [1.82, 2.24) is 0 Å². The van der Waals surface area contributed by atoms with E-state index in [9.17, 15) is 10.2 Å². The average Bonchev–Trinajstić information content (AvgIpc) is 2.52. The van der Waals surface area contributed by atoms with E-state index in [0.717, 1.165) is 8.95 Å². The minimum absolute atomic E-state index is 0.213. The second-order valence-corrected chi connectivity index (χ2v) is 7.90. The van der Waals surface area contributed by atoms with E-state index in [2.05, 4.69) is 63.7 Å². The maximum atomic E-state index is 9.99. The number of rotatable bonds is 0. The van der Waals surface area contributed by atoms with Crippen molar-refractivity contribution >= 4 is 63.7 Å². The number of halogens is 4. The van der Waals surface area contributed by atoms with E-state index < -0.39 is 0 Å². The molecule has 2 aromatic rings. The van der Waals surface area contributed by atoms with Crippen LogP contribution < -0.4 is 9.47 Å². The lowest BCUT2D eigenvalue weighted by atomic mass is 10.1. The van der Waals surface area contributed by atoms with Gasteiger partial charge in [-0.2, -0.15) is 0 Å². The fourth-order valence-corrected chi connectivity index (χ4v) is 4.34. The zero-order valence-corrected chi connectivity index (χ0v) is 17.6. The van der Waals surface area contributed by atoms with Crippen molar-refractivity contribution in [2.45, 2.75) is 13.8 Å². The molecule has 0 radical (unpaired) electrons. The molecule has 0 saturated heterocycles. The summed E-state index contributed by atoms with van der Waals surface area (Å²) in [5, 5.41) is 20.0. The van der Waals surface area contributed by atoms with Crippen molar-refractivity contribution in [3.63, 3.8) is 0 Å². The van der Waals surface area contributed by atoms with Crippen LogP contribution >= 0.6 is 63.7 Å². The summed E-state index contributed by atoms with van der Waals surface area (Å²) in [6.07, 6.45) is 0. The number of benzene rings is 2. The monoisotopic (exact) mass is 556 g/mol. The van der Waals surface area contributed by atoms with Crippen molar-refractivity contribution in [3.05, 3.63) is 29.0 Å². The Morgan fingerprint density at radius 2 is 0.909 bits per heavy atom. The fraction of sp³-hybridized carbons (Fsp3) is 0.143. The Kier molecular flexibility index (Phi) is 4.16. The van der Waals surface area contributed by atoms with Crippen LogP contribution in [0.15, 0.2) is 17.9 Å². The van der Waals surface area contributed by atoms with Crippen molar-refractivity contribution in [3.8, 4) is 34.5 Å². The van der Waals surface area contributed by atoms with Crippen LogP contribution in [0.4, 0.5) is 0 Å². The Labute approximate surface area is 159 Å². The first-order chi connectivity index (χ1) is 10.3. The summed E-state index contributed by atoms with van der Waals surface area (Å²) in [6, 6.07) is 0. The Bertz CT molecular complexity index is 698. The van der Waals surface area contributed by atoms with E-state index in [0.29, 0.717) is 43.1 Å². The van der Waals surface area contributed by atoms with Gasteiger partial charge in [-0.3, -0.25) is 0 Å². The highest BCUT2D eigenvalue weighted by Crippen LogP contribution is 2.60. The van der Waals surface area contributed by atoms with Gasteiger partial charge in [0, 0.05) is 11.1 Å². The van der Waals surface area contributed by atoms with Crippen LogP contribution in [0.3, 0.4) is 0 Å². The van der Waals surface area contributed by atoms with E-state index in [-0.39, 0.29) is 11.5 Å². The van der Waals surface area contributed by atoms with E-state index >= 15 is 0 Å². The smallest absolute Gasteiger partial charge is 0.186 e. The highest BCUT2D eigenvalue weighted by atomic mass is 79.9. The molecule has 22 heavy (non-hydrogen) atoms.